The molecule has 2 N–H and O–H groups in total. The largest absolute Gasteiger partial charge is 0.444 e. The number of aryl methyl sites for hydroxylation is 1. The number of nitrogens with zero attached hydrogens (tertiary/aromatic N) is 2. The number of benzene rings is 1. The van der Waals surface area contributed by atoms with Gasteiger partial charge < -0.3 is 20.1 Å². The third kappa shape index (κ3) is 6.39. The molecule has 26 heavy (non-hydrogen) atoms. The molecule has 0 unspecified atom stereocenters. The molecule has 8 heteroatoms. The Hall–Kier alpha value is -3.16. The number of amides is 2. The molecular formula is C18H22N4O4. The summed E-state index contributed by atoms with van der Waals surface area (Å²) in [5, 5.41) is 5.13. The van der Waals surface area contributed by atoms with Crippen molar-refractivity contribution in [1.82, 2.24) is 15.3 Å². The van der Waals surface area contributed by atoms with Gasteiger partial charge in [-0.25, -0.2) is 14.8 Å². The highest BCUT2D eigenvalue weighted by Crippen LogP contribution is 2.24. The highest BCUT2D eigenvalue weighted by atomic mass is 16.6. The van der Waals surface area contributed by atoms with Crippen LogP contribution in [0.2, 0.25) is 0 Å². The molecule has 0 spiro atoms. The minimum Gasteiger partial charge on any atom is -0.444 e. The molecule has 8 nitrogen and oxygen atoms in total. The van der Waals surface area contributed by atoms with E-state index in [1.807, 2.05) is 6.92 Å². The van der Waals surface area contributed by atoms with Crippen LogP contribution in [-0.2, 0) is 9.53 Å². The Labute approximate surface area is 151 Å². The summed E-state index contributed by atoms with van der Waals surface area (Å²) in [4.78, 5) is 31.5. The number of rotatable bonds is 5. The molecule has 0 aliphatic rings. The molecule has 0 bridgehead atoms. The molecule has 0 saturated heterocycles. The van der Waals surface area contributed by atoms with Crippen LogP contribution in [0.1, 0.15) is 26.3 Å². The van der Waals surface area contributed by atoms with Gasteiger partial charge in [-0.3, -0.25) is 4.79 Å². The number of ether oxygens (including phenoxy) is 2. The van der Waals surface area contributed by atoms with E-state index in [1.54, 1.807) is 57.4 Å². The third-order valence-corrected chi connectivity index (χ3v) is 3.02. The molecular weight excluding hydrogens is 336 g/mol. The van der Waals surface area contributed by atoms with Gasteiger partial charge in [0.05, 0.1) is 0 Å². The summed E-state index contributed by atoms with van der Waals surface area (Å²) in [5.41, 5.74) is 0.793. The van der Waals surface area contributed by atoms with Gasteiger partial charge in [0.1, 0.15) is 17.9 Å². The highest BCUT2D eigenvalue weighted by Gasteiger charge is 2.16. The lowest BCUT2D eigenvalue weighted by atomic mass is 10.2. The summed E-state index contributed by atoms with van der Waals surface area (Å²) < 4.78 is 10.6. The second kappa shape index (κ2) is 8.28. The average Bonchev–Trinajstić information content (AvgIpc) is 2.55. The number of alkyl carbamates (subject to hydrolysis) is 1. The van der Waals surface area contributed by atoms with Gasteiger partial charge in [0, 0.05) is 18.1 Å². The topological polar surface area (TPSA) is 102 Å². The Morgan fingerprint density at radius 3 is 2.46 bits per heavy atom. The SMILES string of the molecule is Cc1cc(Oc2ncccn2)ccc1NC(=O)CNC(=O)OC(C)(C)C. The fraction of sp³-hybridized carbons (Fsp3) is 0.333. The molecule has 2 aromatic rings. The van der Waals surface area contributed by atoms with Crippen LogP contribution in [0.15, 0.2) is 36.7 Å². The second-order valence-electron chi connectivity index (χ2n) is 6.51. The van der Waals surface area contributed by atoms with Crippen molar-refractivity contribution in [2.24, 2.45) is 0 Å². The van der Waals surface area contributed by atoms with Crippen LogP contribution in [0.4, 0.5) is 10.5 Å². The first kappa shape index (κ1) is 19.2. The summed E-state index contributed by atoms with van der Waals surface area (Å²) in [5.74, 6) is 0.192. The van der Waals surface area contributed by atoms with Gasteiger partial charge in [0.2, 0.25) is 5.91 Å². The number of aromatic nitrogens is 2. The Bertz CT molecular complexity index is 773. The fourth-order valence-corrected chi connectivity index (χ4v) is 1.94. The zero-order valence-electron chi connectivity index (χ0n) is 15.2. The van der Waals surface area contributed by atoms with Crippen LogP contribution in [0.25, 0.3) is 0 Å². The minimum atomic E-state index is -0.643. The van der Waals surface area contributed by atoms with E-state index < -0.39 is 11.7 Å². The molecule has 2 amide bonds. The van der Waals surface area contributed by atoms with Crippen molar-refractivity contribution in [2.45, 2.75) is 33.3 Å². The number of nitrogens with one attached hydrogen (secondary N) is 2. The van der Waals surface area contributed by atoms with E-state index in [9.17, 15) is 9.59 Å². The molecule has 138 valence electrons. The molecule has 0 fully saturated rings. The number of anilines is 1. The standard InChI is InChI=1S/C18H22N4O4/c1-12-10-13(25-16-19-8-5-9-20-16)6-7-14(12)22-15(23)11-21-17(24)26-18(2,3)4/h5-10H,11H2,1-4H3,(H,21,24)(H,22,23). The number of carbonyl (C=O) groups excluding carboxylic acids is 2. The van der Waals surface area contributed by atoms with Gasteiger partial charge in [-0.05, 0) is 57.5 Å². The van der Waals surface area contributed by atoms with Gasteiger partial charge in [-0.15, -0.1) is 0 Å². The minimum absolute atomic E-state index is 0.190. The van der Waals surface area contributed by atoms with E-state index in [4.69, 9.17) is 9.47 Å². The van der Waals surface area contributed by atoms with E-state index in [-0.39, 0.29) is 18.5 Å². The Morgan fingerprint density at radius 1 is 1.15 bits per heavy atom. The zero-order chi connectivity index (χ0) is 19.2. The van der Waals surface area contributed by atoms with Crippen molar-refractivity contribution in [1.29, 1.82) is 0 Å². The maximum absolute atomic E-state index is 12.0. The summed E-state index contributed by atoms with van der Waals surface area (Å²) in [6, 6.07) is 7.10. The van der Waals surface area contributed by atoms with Gasteiger partial charge in [0.25, 0.3) is 0 Å². The zero-order valence-corrected chi connectivity index (χ0v) is 15.2. The maximum Gasteiger partial charge on any atom is 0.408 e. The number of carbonyl (C=O) groups is 2. The highest BCUT2D eigenvalue weighted by molar-refractivity contribution is 5.94. The lowest BCUT2D eigenvalue weighted by molar-refractivity contribution is -0.115. The molecule has 1 aromatic carbocycles. The van der Waals surface area contributed by atoms with Gasteiger partial charge >= 0.3 is 12.1 Å². The maximum atomic E-state index is 12.0. The van der Waals surface area contributed by atoms with Crippen LogP contribution in [0, 0.1) is 6.92 Å². The van der Waals surface area contributed by atoms with Crippen LogP contribution < -0.4 is 15.4 Å². The Kier molecular flexibility index (Phi) is 6.11. The molecule has 0 radical (unpaired) electrons. The van der Waals surface area contributed by atoms with E-state index in [0.29, 0.717) is 11.4 Å². The summed E-state index contributed by atoms with van der Waals surface area (Å²) in [6.45, 7) is 6.89. The van der Waals surface area contributed by atoms with Crippen molar-refractivity contribution < 1.29 is 19.1 Å². The molecule has 0 aliphatic heterocycles. The summed E-state index contributed by atoms with van der Waals surface area (Å²) in [6.07, 6.45) is 2.53. The van der Waals surface area contributed by atoms with Crippen molar-refractivity contribution in [3.63, 3.8) is 0 Å². The van der Waals surface area contributed by atoms with E-state index in [2.05, 4.69) is 20.6 Å². The second-order valence-corrected chi connectivity index (χ2v) is 6.51. The summed E-state index contributed by atoms with van der Waals surface area (Å²) >= 11 is 0. The van der Waals surface area contributed by atoms with Crippen LogP contribution in [0.3, 0.4) is 0 Å². The first-order valence-electron chi connectivity index (χ1n) is 8.05. The van der Waals surface area contributed by atoms with E-state index in [0.717, 1.165) is 5.56 Å². The third-order valence-electron chi connectivity index (χ3n) is 3.02. The fourth-order valence-electron chi connectivity index (χ4n) is 1.94. The van der Waals surface area contributed by atoms with Crippen LogP contribution in [0.5, 0.6) is 11.8 Å². The summed E-state index contributed by atoms with van der Waals surface area (Å²) in [7, 11) is 0. The quantitative estimate of drug-likeness (QED) is 0.852. The average molecular weight is 358 g/mol. The van der Waals surface area contributed by atoms with Gasteiger partial charge in [-0.2, -0.15) is 0 Å². The first-order chi connectivity index (χ1) is 12.2. The van der Waals surface area contributed by atoms with Crippen molar-refractivity contribution >= 4 is 17.7 Å². The predicted octanol–water partition coefficient (Wildman–Crippen LogP) is 3.04. The van der Waals surface area contributed by atoms with Crippen molar-refractivity contribution in [3.05, 3.63) is 42.2 Å². The molecule has 0 atom stereocenters. The lowest BCUT2D eigenvalue weighted by Gasteiger charge is -2.19. The number of hydrogen-bond acceptors (Lipinski definition) is 6. The van der Waals surface area contributed by atoms with Crippen molar-refractivity contribution in [3.8, 4) is 11.8 Å². The first-order valence-corrected chi connectivity index (χ1v) is 8.05. The van der Waals surface area contributed by atoms with Gasteiger partial charge in [-0.1, -0.05) is 0 Å². The number of hydrogen-bond donors (Lipinski definition) is 2. The smallest absolute Gasteiger partial charge is 0.408 e. The van der Waals surface area contributed by atoms with E-state index >= 15 is 0 Å². The molecule has 1 aromatic heterocycles. The van der Waals surface area contributed by atoms with Crippen LogP contribution >= 0.6 is 0 Å². The lowest BCUT2D eigenvalue weighted by Crippen LogP contribution is -2.37. The molecule has 1 heterocycles. The van der Waals surface area contributed by atoms with E-state index in [1.165, 1.54) is 0 Å². The molecule has 0 aliphatic carbocycles. The Balaban J connectivity index is 1.89. The van der Waals surface area contributed by atoms with Crippen LogP contribution in [-0.4, -0.2) is 34.1 Å². The van der Waals surface area contributed by atoms with Crippen molar-refractivity contribution in [2.75, 3.05) is 11.9 Å². The molecule has 0 saturated carbocycles. The molecule has 2 rings (SSSR count). The van der Waals surface area contributed by atoms with Gasteiger partial charge in [0.15, 0.2) is 0 Å². The monoisotopic (exact) mass is 358 g/mol. The normalized spacial score (nSPS) is 10.8. The Morgan fingerprint density at radius 2 is 1.85 bits per heavy atom. The predicted molar refractivity (Wildman–Crippen MR) is 96.2 cm³/mol.